The molecule has 1 aliphatic heterocycles. The van der Waals surface area contributed by atoms with E-state index >= 15 is 0 Å². The Bertz CT molecular complexity index is 486. The number of ether oxygens (including phenoxy) is 1. The molecule has 1 atom stereocenters. The van der Waals surface area contributed by atoms with E-state index in [9.17, 15) is 19.5 Å². The molecule has 1 heterocycles. The van der Waals surface area contributed by atoms with Crippen molar-refractivity contribution in [3.05, 3.63) is 0 Å². The minimum Gasteiger partial charge on any atom is -0.481 e. The van der Waals surface area contributed by atoms with Crippen molar-refractivity contribution in [2.75, 3.05) is 33.4 Å². The Hall–Kier alpha value is -1.63. The topological polar surface area (TPSA) is 95.9 Å². The summed E-state index contributed by atoms with van der Waals surface area (Å²) in [6.45, 7) is 0.679. The molecule has 2 aliphatic rings. The third kappa shape index (κ3) is 5.42. The number of carboxylic acids is 1. The zero-order valence-electron chi connectivity index (χ0n) is 15.1. The lowest BCUT2D eigenvalue weighted by molar-refractivity contribution is -0.159. The molecule has 7 heteroatoms. The zero-order chi connectivity index (χ0) is 18.3. The van der Waals surface area contributed by atoms with Crippen LogP contribution in [0.25, 0.3) is 0 Å². The van der Waals surface area contributed by atoms with Gasteiger partial charge in [-0.2, -0.15) is 0 Å². The number of likely N-dealkylation sites (tertiary alicyclic amines) is 1. The predicted molar refractivity (Wildman–Crippen MR) is 92.0 cm³/mol. The van der Waals surface area contributed by atoms with Gasteiger partial charge in [-0.1, -0.05) is 19.3 Å². The minimum absolute atomic E-state index is 0.0613. The number of rotatable bonds is 7. The van der Waals surface area contributed by atoms with E-state index in [2.05, 4.69) is 5.32 Å². The molecule has 7 nitrogen and oxygen atoms in total. The molecule has 2 rings (SSSR count). The van der Waals surface area contributed by atoms with Crippen molar-refractivity contribution >= 4 is 17.8 Å². The number of methoxy groups -OCH3 is 1. The average molecular weight is 354 g/mol. The highest BCUT2D eigenvalue weighted by Crippen LogP contribution is 2.31. The van der Waals surface area contributed by atoms with Gasteiger partial charge >= 0.3 is 5.97 Å². The Morgan fingerprint density at radius 1 is 1.20 bits per heavy atom. The van der Waals surface area contributed by atoms with Crippen LogP contribution in [0.5, 0.6) is 0 Å². The summed E-state index contributed by atoms with van der Waals surface area (Å²) >= 11 is 0. The van der Waals surface area contributed by atoms with E-state index in [0.29, 0.717) is 31.7 Å². The maximum Gasteiger partial charge on any atom is 0.313 e. The molecule has 0 spiro atoms. The largest absolute Gasteiger partial charge is 0.481 e. The van der Waals surface area contributed by atoms with Gasteiger partial charge in [-0.05, 0) is 31.6 Å². The van der Waals surface area contributed by atoms with Crippen LogP contribution in [0.2, 0.25) is 0 Å². The Labute approximate surface area is 149 Å². The Balaban J connectivity index is 1.81. The zero-order valence-corrected chi connectivity index (χ0v) is 15.1. The Kier molecular flexibility index (Phi) is 7.23. The number of nitrogens with one attached hydrogen (secondary N) is 1. The van der Waals surface area contributed by atoms with E-state index in [1.807, 2.05) is 0 Å². The fourth-order valence-electron chi connectivity index (χ4n) is 3.99. The van der Waals surface area contributed by atoms with Crippen LogP contribution in [-0.2, 0) is 19.1 Å². The molecule has 142 valence electrons. The van der Waals surface area contributed by atoms with Crippen LogP contribution in [0.1, 0.15) is 51.4 Å². The Morgan fingerprint density at radius 2 is 1.92 bits per heavy atom. The lowest BCUT2D eigenvalue weighted by Gasteiger charge is -2.39. The number of carbonyl (C=O) groups excluding carboxylic acids is 2. The van der Waals surface area contributed by atoms with Crippen molar-refractivity contribution in [1.82, 2.24) is 10.2 Å². The van der Waals surface area contributed by atoms with Crippen LogP contribution in [0.3, 0.4) is 0 Å². The first-order chi connectivity index (χ1) is 12.0. The second-order valence-corrected chi connectivity index (χ2v) is 7.42. The maximum absolute atomic E-state index is 12.4. The van der Waals surface area contributed by atoms with Crippen molar-refractivity contribution in [3.8, 4) is 0 Å². The van der Waals surface area contributed by atoms with Gasteiger partial charge in [0.1, 0.15) is 5.41 Å². The summed E-state index contributed by atoms with van der Waals surface area (Å²) in [4.78, 5) is 37.6. The van der Waals surface area contributed by atoms with Gasteiger partial charge in [-0.25, -0.2) is 0 Å². The van der Waals surface area contributed by atoms with Crippen LogP contribution in [0.4, 0.5) is 0 Å². The number of hydrogen-bond acceptors (Lipinski definition) is 4. The van der Waals surface area contributed by atoms with Crippen molar-refractivity contribution in [3.63, 3.8) is 0 Å². The molecule has 0 aromatic carbocycles. The van der Waals surface area contributed by atoms with Crippen LogP contribution in [0.15, 0.2) is 0 Å². The molecule has 0 aromatic heterocycles. The van der Waals surface area contributed by atoms with Gasteiger partial charge in [-0.3, -0.25) is 14.4 Å². The number of aliphatic carboxylic acids is 1. The number of nitrogens with zero attached hydrogens (tertiary/aromatic N) is 1. The molecular formula is C18H30N2O5. The SMILES string of the molecule is COCC1(C(=O)O)CCCN(C(=O)CNC(=O)CC2CCCCC2)C1. The molecular weight excluding hydrogens is 324 g/mol. The normalized spacial score (nSPS) is 24.8. The van der Waals surface area contributed by atoms with Gasteiger partial charge in [0.25, 0.3) is 0 Å². The number of piperidine rings is 1. The quantitative estimate of drug-likeness (QED) is 0.721. The van der Waals surface area contributed by atoms with Gasteiger partial charge in [0.2, 0.25) is 11.8 Å². The third-order valence-electron chi connectivity index (χ3n) is 5.44. The lowest BCUT2D eigenvalue weighted by atomic mass is 9.80. The van der Waals surface area contributed by atoms with Gasteiger partial charge < -0.3 is 20.1 Å². The maximum atomic E-state index is 12.4. The van der Waals surface area contributed by atoms with Crippen LogP contribution < -0.4 is 5.32 Å². The second-order valence-electron chi connectivity index (χ2n) is 7.42. The van der Waals surface area contributed by atoms with E-state index in [-0.39, 0.29) is 31.5 Å². The van der Waals surface area contributed by atoms with E-state index in [4.69, 9.17) is 4.74 Å². The summed E-state index contributed by atoms with van der Waals surface area (Å²) in [6.07, 6.45) is 7.39. The number of amides is 2. The minimum atomic E-state index is -1.05. The van der Waals surface area contributed by atoms with Crippen molar-refractivity contribution < 1.29 is 24.2 Å². The summed E-state index contributed by atoms with van der Waals surface area (Å²) in [5.74, 6) is -0.814. The first-order valence-electron chi connectivity index (χ1n) is 9.24. The molecule has 1 unspecified atom stereocenters. The predicted octanol–water partition coefficient (Wildman–Crippen LogP) is 1.41. The fourth-order valence-corrected chi connectivity index (χ4v) is 3.99. The van der Waals surface area contributed by atoms with Gasteiger partial charge in [-0.15, -0.1) is 0 Å². The molecule has 0 radical (unpaired) electrons. The van der Waals surface area contributed by atoms with Crippen molar-refractivity contribution in [2.45, 2.75) is 51.4 Å². The summed E-state index contributed by atoms with van der Waals surface area (Å²) < 4.78 is 5.07. The molecule has 0 aromatic rings. The summed E-state index contributed by atoms with van der Waals surface area (Å²) in [5, 5.41) is 12.2. The third-order valence-corrected chi connectivity index (χ3v) is 5.44. The number of carbonyl (C=O) groups is 3. The average Bonchev–Trinajstić information content (AvgIpc) is 2.61. The highest BCUT2D eigenvalue weighted by atomic mass is 16.5. The summed E-state index contributed by atoms with van der Waals surface area (Å²) in [7, 11) is 1.47. The Morgan fingerprint density at radius 3 is 2.56 bits per heavy atom. The van der Waals surface area contributed by atoms with E-state index in [0.717, 1.165) is 12.8 Å². The summed E-state index contributed by atoms with van der Waals surface area (Å²) in [5.41, 5.74) is -1.05. The molecule has 0 bridgehead atoms. The van der Waals surface area contributed by atoms with Gasteiger partial charge in [0.15, 0.2) is 0 Å². The van der Waals surface area contributed by atoms with Crippen LogP contribution in [0, 0.1) is 11.3 Å². The first-order valence-corrected chi connectivity index (χ1v) is 9.24. The smallest absolute Gasteiger partial charge is 0.313 e. The van der Waals surface area contributed by atoms with Crippen molar-refractivity contribution in [1.29, 1.82) is 0 Å². The van der Waals surface area contributed by atoms with Gasteiger partial charge in [0.05, 0.1) is 13.2 Å². The first kappa shape index (κ1) is 19.7. The van der Waals surface area contributed by atoms with Crippen LogP contribution >= 0.6 is 0 Å². The molecule has 2 amide bonds. The highest BCUT2D eigenvalue weighted by molar-refractivity contribution is 5.85. The monoisotopic (exact) mass is 354 g/mol. The second kappa shape index (κ2) is 9.17. The molecule has 2 fully saturated rings. The van der Waals surface area contributed by atoms with E-state index in [1.165, 1.54) is 31.3 Å². The van der Waals surface area contributed by atoms with E-state index < -0.39 is 11.4 Å². The molecule has 25 heavy (non-hydrogen) atoms. The molecule has 1 aliphatic carbocycles. The lowest BCUT2D eigenvalue weighted by Crippen LogP contribution is -2.53. The molecule has 2 N–H and O–H groups in total. The van der Waals surface area contributed by atoms with Gasteiger partial charge in [0, 0.05) is 26.6 Å². The molecule has 1 saturated carbocycles. The van der Waals surface area contributed by atoms with E-state index in [1.54, 1.807) is 0 Å². The van der Waals surface area contributed by atoms with Crippen molar-refractivity contribution in [2.24, 2.45) is 11.3 Å². The standard InChI is InChI=1S/C18H30N2O5/c1-25-13-18(17(23)24)8-5-9-20(12-18)16(22)11-19-15(21)10-14-6-3-2-4-7-14/h14H,2-13H2,1H3,(H,19,21)(H,23,24). The number of carboxylic acid groups (broad SMARTS) is 1. The highest BCUT2D eigenvalue weighted by Gasteiger charge is 2.43. The summed E-state index contributed by atoms with van der Waals surface area (Å²) in [6, 6.07) is 0. The number of hydrogen-bond donors (Lipinski definition) is 2. The molecule has 1 saturated heterocycles. The fraction of sp³-hybridized carbons (Fsp3) is 0.833. The van der Waals surface area contributed by atoms with Crippen LogP contribution in [-0.4, -0.2) is 61.1 Å².